The van der Waals surface area contributed by atoms with Gasteiger partial charge in [0.1, 0.15) is 10.1 Å². The number of sulfone groups is 1. The number of thioether (sulfide) groups is 1. The van der Waals surface area contributed by atoms with E-state index in [0.29, 0.717) is 11.1 Å². The predicted octanol–water partition coefficient (Wildman–Crippen LogP) is 1.01. The van der Waals surface area contributed by atoms with Crippen molar-refractivity contribution in [2.24, 2.45) is 11.7 Å². The second-order valence-electron chi connectivity index (χ2n) is 4.96. The third kappa shape index (κ3) is 2.40. The molecular weight excluding hydrogens is 313 g/mol. The summed E-state index contributed by atoms with van der Waals surface area (Å²) in [5.74, 6) is -0.741. The van der Waals surface area contributed by atoms with Gasteiger partial charge >= 0.3 is 0 Å². The molecule has 1 fully saturated rings. The molecule has 3 unspecified atom stereocenters. The first kappa shape index (κ1) is 15.0. The van der Waals surface area contributed by atoms with Gasteiger partial charge in [0.15, 0.2) is 9.84 Å². The number of nitrogens with one attached hydrogen (secondary N) is 2. The molecule has 0 amide bonds. The highest BCUT2D eigenvalue weighted by Crippen LogP contribution is 2.50. The Morgan fingerprint density at radius 1 is 1.33 bits per heavy atom. The lowest BCUT2D eigenvalue weighted by Gasteiger charge is -2.17. The molecule has 3 atom stereocenters. The summed E-state index contributed by atoms with van der Waals surface area (Å²) in [6.07, 6.45) is -0.457. The quantitative estimate of drug-likeness (QED) is 0.768. The van der Waals surface area contributed by atoms with Crippen LogP contribution in [0.3, 0.4) is 0 Å². The van der Waals surface area contributed by atoms with Crippen molar-refractivity contribution in [1.29, 1.82) is 0 Å². The Balaban J connectivity index is 2.22. The van der Waals surface area contributed by atoms with Gasteiger partial charge in [0.05, 0.1) is 17.3 Å². The molecule has 0 aliphatic carbocycles. The molecule has 2 heterocycles. The zero-order chi connectivity index (χ0) is 15.2. The Bertz CT molecular complexity index is 705. The molecule has 114 valence electrons. The summed E-state index contributed by atoms with van der Waals surface area (Å²) in [5.41, 5.74) is 12.7. The molecule has 2 aliphatic rings. The summed E-state index contributed by atoms with van der Waals surface area (Å²) >= 11 is 1.20. The average Bonchev–Trinajstić information content (AvgIpc) is 3.00. The Morgan fingerprint density at radius 2 is 2.05 bits per heavy atom. The predicted molar refractivity (Wildman–Crippen MR) is 81.9 cm³/mol. The van der Waals surface area contributed by atoms with Gasteiger partial charge in [-0.3, -0.25) is 0 Å². The van der Waals surface area contributed by atoms with Crippen molar-refractivity contribution in [1.82, 2.24) is 10.9 Å². The van der Waals surface area contributed by atoms with Gasteiger partial charge in [-0.05, 0) is 11.6 Å². The molecule has 3 rings (SSSR count). The number of hydrazine groups is 1. The van der Waals surface area contributed by atoms with Crippen LogP contribution < -0.4 is 16.6 Å². The lowest BCUT2D eigenvalue weighted by Crippen LogP contribution is -2.40. The van der Waals surface area contributed by atoms with E-state index >= 15 is 0 Å². The number of hydrogen-bond donors (Lipinski definition) is 3. The molecule has 1 aromatic rings. The van der Waals surface area contributed by atoms with Gasteiger partial charge in [-0.25, -0.2) is 23.7 Å². The largest absolute Gasteiger partial charge is 0.314 e. The third-order valence-electron chi connectivity index (χ3n) is 3.72. The zero-order valence-corrected chi connectivity index (χ0v) is 13.0. The first-order valence-corrected chi connectivity index (χ1v) is 9.14. The Kier molecular flexibility index (Phi) is 3.83. The van der Waals surface area contributed by atoms with Gasteiger partial charge in [0.25, 0.3) is 0 Å². The lowest BCUT2D eigenvalue weighted by atomic mass is 9.92. The van der Waals surface area contributed by atoms with Crippen LogP contribution in [0, 0.1) is 11.7 Å². The molecule has 5 nitrogen and oxygen atoms in total. The highest BCUT2D eigenvalue weighted by atomic mass is 32.3. The van der Waals surface area contributed by atoms with E-state index in [9.17, 15) is 12.8 Å². The number of hydrogen-bond acceptors (Lipinski definition) is 6. The van der Waals surface area contributed by atoms with Crippen LogP contribution in [0.1, 0.15) is 12.5 Å². The number of nitrogens with two attached hydrogens (primary N) is 1. The second kappa shape index (κ2) is 5.36. The summed E-state index contributed by atoms with van der Waals surface area (Å²) in [4.78, 5) is 0. The van der Waals surface area contributed by atoms with Crippen molar-refractivity contribution in [3.8, 4) is 0 Å². The summed E-state index contributed by atoms with van der Waals surface area (Å²) < 4.78 is 39.1. The van der Waals surface area contributed by atoms with Crippen molar-refractivity contribution in [3.63, 3.8) is 0 Å². The van der Waals surface area contributed by atoms with E-state index in [1.165, 1.54) is 17.8 Å². The maximum Gasteiger partial charge on any atom is 0.184 e. The lowest BCUT2D eigenvalue weighted by molar-refractivity contribution is 0.537. The number of fused-ring (bicyclic) bond motifs is 1. The number of benzene rings is 1. The second-order valence-corrected chi connectivity index (χ2v) is 8.59. The molecule has 0 aromatic heterocycles. The Morgan fingerprint density at radius 3 is 2.71 bits per heavy atom. The minimum atomic E-state index is -3.42. The van der Waals surface area contributed by atoms with Crippen LogP contribution in [0.4, 0.5) is 4.39 Å². The fourth-order valence-corrected chi connectivity index (χ4v) is 5.91. The monoisotopic (exact) mass is 329 g/mol. The van der Waals surface area contributed by atoms with Crippen LogP contribution in [0.2, 0.25) is 0 Å². The maximum absolute atomic E-state index is 14.2. The van der Waals surface area contributed by atoms with Crippen LogP contribution in [0.15, 0.2) is 28.5 Å². The smallest absolute Gasteiger partial charge is 0.184 e. The van der Waals surface area contributed by atoms with Gasteiger partial charge in [-0.1, -0.05) is 36.9 Å². The first-order valence-electron chi connectivity index (χ1n) is 6.61. The molecule has 0 spiro atoms. The molecule has 0 bridgehead atoms. The van der Waals surface area contributed by atoms with Crippen molar-refractivity contribution >= 4 is 27.2 Å². The van der Waals surface area contributed by atoms with E-state index in [0.717, 1.165) is 0 Å². The minimum absolute atomic E-state index is 0.0185. The molecular formula is C13H16FN3O2S2. The van der Waals surface area contributed by atoms with E-state index in [-0.39, 0.29) is 21.3 Å². The number of halogens is 1. The fourth-order valence-electron chi connectivity index (χ4n) is 2.64. The summed E-state index contributed by atoms with van der Waals surface area (Å²) in [6.45, 7) is 1.58. The van der Waals surface area contributed by atoms with E-state index in [1.54, 1.807) is 25.1 Å². The Hall–Kier alpha value is -0.930. The average molecular weight is 329 g/mol. The molecule has 4 N–H and O–H groups in total. The topological polar surface area (TPSA) is 84.2 Å². The molecule has 1 aromatic carbocycles. The SMILES string of the molecule is CCS(=O)(=O)C1=C(c2ccccc2F)C2C(N)NNC2S1. The summed E-state index contributed by atoms with van der Waals surface area (Å²) in [6, 6.07) is 6.21. The molecule has 8 heteroatoms. The van der Waals surface area contributed by atoms with E-state index in [1.807, 2.05) is 0 Å². The van der Waals surface area contributed by atoms with Gasteiger partial charge in [-0.2, -0.15) is 0 Å². The van der Waals surface area contributed by atoms with E-state index in [4.69, 9.17) is 5.73 Å². The third-order valence-corrected chi connectivity index (χ3v) is 7.41. The number of rotatable bonds is 3. The summed E-state index contributed by atoms with van der Waals surface area (Å²) in [5, 5.41) is -0.203. The van der Waals surface area contributed by atoms with E-state index in [2.05, 4.69) is 10.9 Å². The van der Waals surface area contributed by atoms with Crippen LogP contribution >= 0.6 is 11.8 Å². The molecule has 21 heavy (non-hydrogen) atoms. The van der Waals surface area contributed by atoms with Gasteiger partial charge in [0.2, 0.25) is 0 Å². The van der Waals surface area contributed by atoms with Gasteiger partial charge in [0, 0.05) is 11.5 Å². The van der Waals surface area contributed by atoms with Gasteiger partial charge in [-0.15, -0.1) is 0 Å². The summed E-state index contributed by atoms with van der Waals surface area (Å²) in [7, 11) is -3.42. The van der Waals surface area contributed by atoms with Crippen LogP contribution in [0.25, 0.3) is 5.57 Å². The van der Waals surface area contributed by atoms with Gasteiger partial charge < -0.3 is 5.73 Å². The van der Waals surface area contributed by atoms with Crippen molar-refractivity contribution < 1.29 is 12.8 Å². The van der Waals surface area contributed by atoms with Crippen molar-refractivity contribution in [2.75, 3.05) is 5.75 Å². The van der Waals surface area contributed by atoms with Crippen LogP contribution in [-0.2, 0) is 9.84 Å². The normalized spacial score (nSPS) is 29.0. The highest BCUT2D eigenvalue weighted by molar-refractivity contribution is 8.19. The molecule has 1 saturated heterocycles. The minimum Gasteiger partial charge on any atom is -0.314 e. The van der Waals surface area contributed by atoms with Crippen LogP contribution in [-0.4, -0.2) is 25.7 Å². The first-order chi connectivity index (χ1) is 9.95. The zero-order valence-electron chi connectivity index (χ0n) is 11.3. The van der Waals surface area contributed by atoms with Crippen molar-refractivity contribution in [2.45, 2.75) is 18.5 Å². The molecule has 0 radical (unpaired) electrons. The fraction of sp³-hybridized carbons (Fsp3) is 0.385. The standard InChI is InChI=1S/C13H16FN3O2S2/c1-2-21(18,19)13-9(7-5-3-4-6-8(7)14)10-11(15)16-17-12(10)20-13/h3-6,10-12,16-17H,2,15H2,1H3. The van der Waals surface area contributed by atoms with Crippen molar-refractivity contribution in [3.05, 3.63) is 39.9 Å². The molecule has 0 saturated carbocycles. The maximum atomic E-state index is 14.2. The van der Waals surface area contributed by atoms with E-state index < -0.39 is 21.8 Å². The van der Waals surface area contributed by atoms with Crippen LogP contribution in [0.5, 0.6) is 0 Å². The highest BCUT2D eigenvalue weighted by Gasteiger charge is 2.47. The Labute approximate surface area is 127 Å². The molecule has 2 aliphatic heterocycles.